The molecule has 0 unspecified atom stereocenters. The van der Waals surface area contributed by atoms with Crippen molar-refractivity contribution in [2.45, 2.75) is 26.3 Å². The predicted molar refractivity (Wildman–Crippen MR) is 120 cm³/mol. The molecule has 3 rings (SSSR count). The normalized spacial score (nSPS) is 10.7. The summed E-state index contributed by atoms with van der Waals surface area (Å²) in [7, 11) is 4.68. The van der Waals surface area contributed by atoms with Gasteiger partial charge in [0.25, 0.3) is 11.5 Å². The van der Waals surface area contributed by atoms with Crippen LogP contribution >= 0.6 is 0 Å². The van der Waals surface area contributed by atoms with E-state index >= 15 is 0 Å². The molecule has 0 fully saturated rings. The number of rotatable bonds is 9. The van der Waals surface area contributed by atoms with Crippen molar-refractivity contribution in [1.29, 1.82) is 0 Å². The first kappa shape index (κ1) is 22.2. The van der Waals surface area contributed by atoms with Gasteiger partial charge in [0.2, 0.25) is 0 Å². The van der Waals surface area contributed by atoms with Crippen LogP contribution in [0.2, 0.25) is 0 Å². The van der Waals surface area contributed by atoms with Crippen LogP contribution < -0.4 is 19.8 Å². The minimum Gasteiger partial charge on any atom is -0.497 e. The summed E-state index contributed by atoms with van der Waals surface area (Å²) in [4.78, 5) is 30.6. The summed E-state index contributed by atoms with van der Waals surface area (Å²) in [6.07, 6.45) is 1.75. The highest BCUT2D eigenvalue weighted by atomic mass is 16.5. The van der Waals surface area contributed by atoms with E-state index in [-0.39, 0.29) is 18.0 Å². The highest BCUT2D eigenvalue weighted by Crippen LogP contribution is 2.24. The van der Waals surface area contributed by atoms with Crippen molar-refractivity contribution in [3.05, 3.63) is 63.9 Å². The van der Waals surface area contributed by atoms with Gasteiger partial charge in [0, 0.05) is 34.6 Å². The Morgan fingerprint density at radius 2 is 1.61 bits per heavy atom. The fourth-order valence-electron chi connectivity index (χ4n) is 3.39. The zero-order chi connectivity index (χ0) is 22.4. The first-order valence-corrected chi connectivity index (χ1v) is 10.2. The van der Waals surface area contributed by atoms with Crippen LogP contribution in [0.25, 0.3) is 10.9 Å². The summed E-state index contributed by atoms with van der Waals surface area (Å²) in [5.41, 5.74) is 1.47. The number of hydrogen-bond acceptors (Lipinski definition) is 5. The number of aromatic amines is 1. The molecule has 1 aromatic heterocycles. The number of carbonyl (C=O) groups excluding carboxylic acids is 1. The van der Waals surface area contributed by atoms with Crippen LogP contribution in [0, 0.1) is 0 Å². The zero-order valence-electron chi connectivity index (χ0n) is 18.4. The molecular formula is C24H28N2O5. The van der Waals surface area contributed by atoms with Crippen LogP contribution in [0.15, 0.2) is 47.3 Å². The summed E-state index contributed by atoms with van der Waals surface area (Å²) in [5, 5.41) is 0.847. The SMILES string of the molecule is CCCCN(Cc1cc2cc(OC)ccc2[nH]c1=O)C(=O)c1cc(OC)cc(OC)c1. The lowest BCUT2D eigenvalue weighted by molar-refractivity contribution is 0.0739. The summed E-state index contributed by atoms with van der Waals surface area (Å²) in [6.45, 7) is 2.79. The Hall–Kier alpha value is -3.48. The number of hydrogen-bond donors (Lipinski definition) is 1. The number of fused-ring (bicyclic) bond motifs is 1. The molecule has 0 spiro atoms. The average molecular weight is 424 g/mol. The highest BCUT2D eigenvalue weighted by molar-refractivity contribution is 5.95. The number of nitrogens with one attached hydrogen (secondary N) is 1. The van der Waals surface area contributed by atoms with Gasteiger partial charge < -0.3 is 24.1 Å². The van der Waals surface area contributed by atoms with Crippen molar-refractivity contribution >= 4 is 16.8 Å². The molecule has 0 aliphatic heterocycles. The van der Waals surface area contributed by atoms with Crippen molar-refractivity contribution in [3.63, 3.8) is 0 Å². The van der Waals surface area contributed by atoms with E-state index in [4.69, 9.17) is 14.2 Å². The monoisotopic (exact) mass is 424 g/mol. The second-order valence-corrected chi connectivity index (χ2v) is 7.26. The zero-order valence-corrected chi connectivity index (χ0v) is 18.4. The third-order valence-electron chi connectivity index (χ3n) is 5.16. The fourth-order valence-corrected chi connectivity index (χ4v) is 3.39. The lowest BCUT2D eigenvalue weighted by Gasteiger charge is -2.23. The lowest BCUT2D eigenvalue weighted by Crippen LogP contribution is -2.33. The number of amides is 1. The third kappa shape index (κ3) is 5.17. The molecule has 1 heterocycles. The molecule has 31 heavy (non-hydrogen) atoms. The van der Waals surface area contributed by atoms with E-state index in [1.54, 1.807) is 50.5 Å². The van der Waals surface area contributed by atoms with Gasteiger partial charge in [-0.05, 0) is 42.8 Å². The summed E-state index contributed by atoms with van der Waals surface area (Å²) in [5.74, 6) is 1.59. The average Bonchev–Trinajstić information content (AvgIpc) is 2.80. The number of H-pyrrole nitrogens is 1. The molecule has 7 nitrogen and oxygen atoms in total. The van der Waals surface area contributed by atoms with Gasteiger partial charge in [0.15, 0.2) is 0 Å². The summed E-state index contributed by atoms with van der Waals surface area (Å²) < 4.78 is 15.9. The van der Waals surface area contributed by atoms with E-state index < -0.39 is 0 Å². The molecular weight excluding hydrogens is 396 g/mol. The van der Waals surface area contributed by atoms with E-state index in [1.807, 2.05) is 18.2 Å². The second kappa shape index (κ2) is 10.0. The van der Waals surface area contributed by atoms with Gasteiger partial charge in [0.1, 0.15) is 17.2 Å². The second-order valence-electron chi connectivity index (χ2n) is 7.26. The van der Waals surface area contributed by atoms with Gasteiger partial charge >= 0.3 is 0 Å². The molecule has 2 aromatic carbocycles. The number of ether oxygens (including phenoxy) is 3. The summed E-state index contributed by atoms with van der Waals surface area (Å²) >= 11 is 0. The molecule has 7 heteroatoms. The Labute approximate surface area is 181 Å². The van der Waals surface area contributed by atoms with E-state index in [1.165, 1.54) is 0 Å². The highest BCUT2D eigenvalue weighted by Gasteiger charge is 2.19. The van der Waals surface area contributed by atoms with E-state index in [0.717, 1.165) is 23.7 Å². The number of unbranched alkanes of at least 4 members (excludes halogenated alkanes) is 1. The molecule has 0 saturated heterocycles. The molecule has 0 aliphatic carbocycles. The van der Waals surface area contributed by atoms with Crippen LogP contribution in [-0.2, 0) is 6.54 Å². The van der Waals surface area contributed by atoms with E-state index in [0.29, 0.717) is 34.9 Å². The summed E-state index contributed by atoms with van der Waals surface area (Å²) in [6, 6.07) is 12.4. The van der Waals surface area contributed by atoms with Crippen LogP contribution in [0.1, 0.15) is 35.7 Å². The fraction of sp³-hybridized carbons (Fsp3) is 0.333. The smallest absolute Gasteiger partial charge is 0.254 e. The van der Waals surface area contributed by atoms with Crippen molar-refractivity contribution in [1.82, 2.24) is 9.88 Å². The Bertz CT molecular complexity index is 1100. The lowest BCUT2D eigenvalue weighted by atomic mass is 10.1. The standard InChI is InChI=1S/C24H28N2O5/c1-5-6-9-26(24(28)17-12-20(30-3)14-21(13-17)31-4)15-18-10-16-11-19(29-2)7-8-22(16)25-23(18)27/h7-8,10-14H,5-6,9,15H2,1-4H3,(H,25,27). The third-order valence-corrected chi connectivity index (χ3v) is 5.16. The molecule has 164 valence electrons. The van der Waals surface area contributed by atoms with E-state index in [9.17, 15) is 9.59 Å². The molecule has 1 amide bonds. The minimum atomic E-state index is -0.213. The number of pyridine rings is 1. The number of carbonyl (C=O) groups is 1. The quantitative estimate of drug-likeness (QED) is 0.562. The van der Waals surface area contributed by atoms with Crippen LogP contribution in [0.4, 0.5) is 0 Å². The van der Waals surface area contributed by atoms with Gasteiger partial charge in [-0.25, -0.2) is 0 Å². The minimum absolute atomic E-state index is 0.184. The largest absolute Gasteiger partial charge is 0.497 e. The molecule has 0 bridgehead atoms. The predicted octanol–water partition coefficient (Wildman–Crippen LogP) is 4.00. The van der Waals surface area contributed by atoms with Gasteiger partial charge in [0.05, 0.1) is 27.9 Å². The van der Waals surface area contributed by atoms with Crippen LogP contribution in [0.5, 0.6) is 17.2 Å². The van der Waals surface area contributed by atoms with Crippen molar-refractivity contribution < 1.29 is 19.0 Å². The number of aromatic nitrogens is 1. The molecule has 3 aromatic rings. The Balaban J connectivity index is 1.97. The molecule has 0 saturated carbocycles. The first-order chi connectivity index (χ1) is 15.0. The van der Waals surface area contributed by atoms with Crippen molar-refractivity contribution in [2.24, 2.45) is 0 Å². The molecule has 0 atom stereocenters. The number of benzene rings is 2. The first-order valence-electron chi connectivity index (χ1n) is 10.2. The Kier molecular flexibility index (Phi) is 7.18. The molecule has 1 N–H and O–H groups in total. The molecule has 0 aliphatic rings. The van der Waals surface area contributed by atoms with Crippen molar-refractivity contribution in [3.8, 4) is 17.2 Å². The van der Waals surface area contributed by atoms with Gasteiger partial charge in [-0.1, -0.05) is 13.3 Å². The Morgan fingerprint density at radius 1 is 0.935 bits per heavy atom. The maximum absolute atomic E-state index is 13.3. The van der Waals surface area contributed by atoms with Crippen LogP contribution in [0.3, 0.4) is 0 Å². The molecule has 0 radical (unpaired) electrons. The van der Waals surface area contributed by atoms with Crippen molar-refractivity contribution in [2.75, 3.05) is 27.9 Å². The Morgan fingerprint density at radius 3 is 2.23 bits per heavy atom. The van der Waals surface area contributed by atoms with E-state index in [2.05, 4.69) is 11.9 Å². The maximum Gasteiger partial charge on any atom is 0.254 e. The van der Waals surface area contributed by atoms with Crippen LogP contribution in [-0.4, -0.2) is 43.7 Å². The number of nitrogens with zero attached hydrogens (tertiary/aromatic N) is 1. The van der Waals surface area contributed by atoms with Gasteiger partial charge in [-0.2, -0.15) is 0 Å². The maximum atomic E-state index is 13.3. The van der Waals surface area contributed by atoms with Gasteiger partial charge in [-0.3, -0.25) is 9.59 Å². The number of methoxy groups -OCH3 is 3. The van der Waals surface area contributed by atoms with Gasteiger partial charge in [-0.15, -0.1) is 0 Å². The topological polar surface area (TPSA) is 80.9 Å².